The maximum Gasteiger partial charge on any atom is 0.309 e. The molecule has 24 heavy (non-hydrogen) atoms. The first kappa shape index (κ1) is 23.5. The minimum absolute atomic E-state index is 0.142. The molecule has 0 aromatic heterocycles. The monoisotopic (exact) mass is 340 g/mol. The van der Waals surface area contributed by atoms with Gasteiger partial charge in [-0.05, 0) is 25.7 Å². The van der Waals surface area contributed by atoms with Crippen molar-refractivity contribution in [1.82, 2.24) is 0 Å². The Bertz CT molecular complexity index is 318. The zero-order valence-corrected chi connectivity index (χ0v) is 17.3. The molecule has 0 saturated heterocycles. The average molecular weight is 341 g/mol. The normalized spacial score (nSPS) is 12.5. The lowest BCUT2D eigenvalue weighted by atomic mass is 9.65. The van der Waals surface area contributed by atoms with E-state index in [0.29, 0.717) is 0 Å². The van der Waals surface area contributed by atoms with Crippen molar-refractivity contribution in [2.45, 2.75) is 125 Å². The minimum atomic E-state index is -0.679. The van der Waals surface area contributed by atoms with E-state index in [2.05, 4.69) is 20.8 Å². The Hall–Kier alpha value is -0.530. The van der Waals surface area contributed by atoms with Crippen LogP contribution in [0.4, 0.5) is 0 Å². The fourth-order valence-electron chi connectivity index (χ4n) is 3.19. The molecule has 0 fully saturated rings. The van der Waals surface area contributed by atoms with E-state index >= 15 is 0 Å². The molecule has 2 heteroatoms. The Morgan fingerprint density at radius 2 is 1.00 bits per heavy atom. The number of carbonyl (C=O) groups is 1. The third-order valence-electron chi connectivity index (χ3n) is 6.13. The summed E-state index contributed by atoms with van der Waals surface area (Å²) >= 11 is 0. The van der Waals surface area contributed by atoms with Crippen LogP contribution in [0.25, 0.3) is 0 Å². The van der Waals surface area contributed by atoms with E-state index in [4.69, 9.17) is 0 Å². The van der Waals surface area contributed by atoms with E-state index in [1.165, 1.54) is 77.0 Å². The van der Waals surface area contributed by atoms with Crippen LogP contribution in [0.1, 0.15) is 125 Å². The molecule has 0 aromatic rings. The predicted octanol–water partition coefficient (Wildman–Crippen LogP) is 7.60. The third kappa shape index (κ3) is 9.69. The van der Waals surface area contributed by atoms with Gasteiger partial charge in [0.1, 0.15) is 0 Å². The summed E-state index contributed by atoms with van der Waals surface area (Å²) in [5.41, 5.74) is -0.791. The van der Waals surface area contributed by atoms with Crippen LogP contribution in [-0.2, 0) is 4.79 Å². The molecule has 0 aromatic carbocycles. The molecule has 0 atom stereocenters. The summed E-state index contributed by atoms with van der Waals surface area (Å²) < 4.78 is 0. The number of carboxylic acids is 1. The largest absolute Gasteiger partial charge is 0.481 e. The maximum atomic E-state index is 11.4. The number of carboxylic acid groups (broad SMARTS) is 1. The summed E-state index contributed by atoms with van der Waals surface area (Å²) in [6.07, 6.45) is 18.7. The molecule has 0 heterocycles. The minimum Gasteiger partial charge on any atom is -0.481 e. The van der Waals surface area contributed by atoms with Crippen molar-refractivity contribution < 1.29 is 9.90 Å². The Labute approximate surface area is 151 Å². The van der Waals surface area contributed by atoms with E-state index in [1.807, 2.05) is 13.8 Å². The standard InChI is InChI=1S/C22H44O2/c1-6-7-8-9-10-11-12-13-14-15-16-17-18-19-21(2,3)22(4,5)20(23)24/h6-19H2,1-5H3,(H,23,24). The van der Waals surface area contributed by atoms with Crippen molar-refractivity contribution in [1.29, 1.82) is 0 Å². The van der Waals surface area contributed by atoms with Crippen LogP contribution < -0.4 is 0 Å². The van der Waals surface area contributed by atoms with Crippen LogP contribution in [0.2, 0.25) is 0 Å². The summed E-state index contributed by atoms with van der Waals surface area (Å²) in [6.45, 7) is 10.2. The summed E-state index contributed by atoms with van der Waals surface area (Å²) in [6, 6.07) is 0. The number of rotatable bonds is 16. The van der Waals surface area contributed by atoms with Gasteiger partial charge in [-0.1, -0.05) is 104 Å². The molecule has 0 aliphatic rings. The Morgan fingerprint density at radius 1 is 0.667 bits per heavy atom. The number of aliphatic carboxylic acids is 1. The second kappa shape index (κ2) is 12.8. The Kier molecular flexibility index (Phi) is 12.5. The molecule has 0 spiro atoms. The van der Waals surface area contributed by atoms with Crippen molar-refractivity contribution in [3.8, 4) is 0 Å². The molecule has 0 aliphatic heterocycles. The lowest BCUT2D eigenvalue weighted by Gasteiger charge is -2.38. The molecule has 0 unspecified atom stereocenters. The van der Waals surface area contributed by atoms with Crippen LogP contribution in [0.5, 0.6) is 0 Å². The van der Waals surface area contributed by atoms with Gasteiger partial charge in [-0.2, -0.15) is 0 Å². The highest BCUT2D eigenvalue weighted by molar-refractivity contribution is 5.74. The number of unbranched alkanes of at least 4 members (excludes halogenated alkanes) is 12. The van der Waals surface area contributed by atoms with E-state index in [9.17, 15) is 9.90 Å². The molecule has 144 valence electrons. The van der Waals surface area contributed by atoms with Gasteiger partial charge in [0.05, 0.1) is 5.41 Å². The van der Waals surface area contributed by atoms with Gasteiger partial charge in [0.2, 0.25) is 0 Å². The molecule has 0 aliphatic carbocycles. The highest BCUT2D eigenvalue weighted by Crippen LogP contribution is 2.42. The number of hydrogen-bond donors (Lipinski definition) is 1. The summed E-state index contributed by atoms with van der Waals surface area (Å²) in [5.74, 6) is -0.679. The number of hydrogen-bond acceptors (Lipinski definition) is 1. The quantitative estimate of drug-likeness (QED) is 0.294. The summed E-state index contributed by atoms with van der Waals surface area (Å²) in [5, 5.41) is 9.38. The van der Waals surface area contributed by atoms with E-state index < -0.39 is 11.4 Å². The van der Waals surface area contributed by atoms with Crippen molar-refractivity contribution in [2.75, 3.05) is 0 Å². The molecule has 0 amide bonds. The average Bonchev–Trinajstić information content (AvgIpc) is 2.51. The topological polar surface area (TPSA) is 37.3 Å². The Balaban J connectivity index is 3.50. The SMILES string of the molecule is CCCCCCCCCCCCCCCC(C)(C)C(C)(C)C(=O)O. The smallest absolute Gasteiger partial charge is 0.309 e. The van der Waals surface area contributed by atoms with Crippen LogP contribution in [0.3, 0.4) is 0 Å². The van der Waals surface area contributed by atoms with Crippen LogP contribution in [0.15, 0.2) is 0 Å². The Morgan fingerprint density at radius 3 is 1.33 bits per heavy atom. The van der Waals surface area contributed by atoms with Crippen LogP contribution in [-0.4, -0.2) is 11.1 Å². The van der Waals surface area contributed by atoms with Gasteiger partial charge in [-0.15, -0.1) is 0 Å². The predicted molar refractivity (Wildman–Crippen MR) is 106 cm³/mol. The van der Waals surface area contributed by atoms with Gasteiger partial charge in [-0.3, -0.25) is 4.79 Å². The van der Waals surface area contributed by atoms with Gasteiger partial charge < -0.3 is 5.11 Å². The highest BCUT2D eigenvalue weighted by Gasteiger charge is 2.42. The van der Waals surface area contributed by atoms with Crippen LogP contribution in [0, 0.1) is 10.8 Å². The third-order valence-corrected chi connectivity index (χ3v) is 6.13. The lowest BCUT2D eigenvalue weighted by molar-refractivity contribution is -0.154. The van der Waals surface area contributed by atoms with Crippen LogP contribution >= 0.6 is 0 Å². The van der Waals surface area contributed by atoms with Crippen molar-refractivity contribution in [3.05, 3.63) is 0 Å². The second-order valence-corrected chi connectivity index (χ2v) is 8.81. The molecule has 0 rings (SSSR count). The van der Waals surface area contributed by atoms with Gasteiger partial charge >= 0.3 is 5.97 Å². The summed E-state index contributed by atoms with van der Waals surface area (Å²) in [4.78, 5) is 11.4. The summed E-state index contributed by atoms with van der Waals surface area (Å²) in [7, 11) is 0. The van der Waals surface area contributed by atoms with Crippen molar-refractivity contribution in [2.24, 2.45) is 10.8 Å². The first-order valence-corrected chi connectivity index (χ1v) is 10.5. The molecule has 0 bridgehead atoms. The van der Waals surface area contributed by atoms with Gasteiger partial charge in [0.25, 0.3) is 0 Å². The van der Waals surface area contributed by atoms with Gasteiger partial charge in [0.15, 0.2) is 0 Å². The lowest BCUT2D eigenvalue weighted by Crippen LogP contribution is -2.39. The van der Waals surface area contributed by atoms with E-state index in [0.717, 1.165) is 12.8 Å². The zero-order valence-electron chi connectivity index (χ0n) is 17.3. The maximum absolute atomic E-state index is 11.4. The van der Waals surface area contributed by atoms with Gasteiger partial charge in [-0.25, -0.2) is 0 Å². The molecule has 0 radical (unpaired) electrons. The fraction of sp³-hybridized carbons (Fsp3) is 0.955. The molecular weight excluding hydrogens is 296 g/mol. The molecule has 2 nitrogen and oxygen atoms in total. The second-order valence-electron chi connectivity index (χ2n) is 8.81. The highest BCUT2D eigenvalue weighted by atomic mass is 16.4. The van der Waals surface area contributed by atoms with E-state index in [-0.39, 0.29) is 5.41 Å². The van der Waals surface area contributed by atoms with Crippen molar-refractivity contribution >= 4 is 5.97 Å². The van der Waals surface area contributed by atoms with Crippen molar-refractivity contribution in [3.63, 3.8) is 0 Å². The fourth-order valence-corrected chi connectivity index (χ4v) is 3.19. The van der Waals surface area contributed by atoms with E-state index in [1.54, 1.807) is 0 Å². The zero-order chi connectivity index (χ0) is 18.5. The molecule has 1 N–H and O–H groups in total. The van der Waals surface area contributed by atoms with Gasteiger partial charge in [0, 0.05) is 0 Å². The molecular formula is C22H44O2. The first-order chi connectivity index (χ1) is 11.3. The molecule has 0 saturated carbocycles. The first-order valence-electron chi connectivity index (χ1n) is 10.5.